The second-order valence-corrected chi connectivity index (χ2v) is 18.5. The number of amides is 2. The number of aromatic nitrogens is 3. The Balaban J connectivity index is 1.18. The van der Waals surface area contributed by atoms with Crippen LogP contribution in [0.2, 0.25) is 18.6 Å². The minimum atomic E-state index is -3.02. The number of ether oxygens (including phenoxy) is 1. The number of para-hydroxylation sites is 1. The first kappa shape index (κ1) is 36.8. The van der Waals surface area contributed by atoms with Crippen molar-refractivity contribution in [1.82, 2.24) is 15.0 Å². The van der Waals surface area contributed by atoms with Crippen molar-refractivity contribution in [1.29, 1.82) is 0 Å². The number of non-ortho nitro benzene ring substituents is 1. The molecule has 278 valence electrons. The molecule has 4 aromatic carbocycles. The molecule has 2 aliphatic rings. The van der Waals surface area contributed by atoms with E-state index in [1.54, 1.807) is 21.8 Å². The van der Waals surface area contributed by atoms with Gasteiger partial charge in [0.15, 0.2) is 13.9 Å². The zero-order valence-electron chi connectivity index (χ0n) is 30.2. The molecule has 1 aromatic heterocycles. The number of fused-ring (bicyclic) bond motifs is 2. The summed E-state index contributed by atoms with van der Waals surface area (Å²) in [6, 6.07) is 30.5. The Kier molecular flexibility index (Phi) is 10.0. The van der Waals surface area contributed by atoms with E-state index in [4.69, 9.17) is 4.74 Å². The number of carbonyl (C=O) groups is 2. The highest BCUT2D eigenvalue weighted by Gasteiger charge is 2.66. The summed E-state index contributed by atoms with van der Waals surface area (Å²) in [5, 5.41) is 30.9. The van der Waals surface area contributed by atoms with Crippen molar-refractivity contribution < 1.29 is 29.2 Å². The molecule has 13 nitrogen and oxygen atoms in total. The zero-order valence-corrected chi connectivity index (χ0v) is 31.2. The molecule has 1 spiro atoms. The highest BCUT2D eigenvalue weighted by atomic mass is 28.4. The van der Waals surface area contributed by atoms with Crippen LogP contribution in [0.5, 0.6) is 0 Å². The monoisotopic (exact) mass is 746 g/mol. The Bertz CT molecular complexity index is 2140. The van der Waals surface area contributed by atoms with Crippen LogP contribution in [0.1, 0.15) is 41.6 Å². The van der Waals surface area contributed by atoms with E-state index >= 15 is 0 Å². The smallest absolute Gasteiger partial charge is 0.269 e. The quantitative estimate of drug-likeness (QED) is 0.0633. The number of rotatable bonds is 13. The lowest BCUT2D eigenvalue weighted by Gasteiger charge is -2.32. The number of hydrogen-bond donors (Lipinski definition) is 2. The fourth-order valence-electron chi connectivity index (χ4n) is 8.31. The number of aliphatic hydroxyl groups is 1. The normalized spacial score (nSPS) is 21.3. The van der Waals surface area contributed by atoms with Crippen molar-refractivity contribution >= 4 is 43.4 Å². The predicted octanol–water partition coefficient (Wildman–Crippen LogP) is 6.04. The highest BCUT2D eigenvalue weighted by molar-refractivity contribution is 6.71. The molecule has 5 atom stereocenters. The molecule has 7 rings (SSSR count). The van der Waals surface area contributed by atoms with Gasteiger partial charge < -0.3 is 19.5 Å². The molecule has 2 amide bonds. The lowest BCUT2D eigenvalue weighted by atomic mass is 9.82. The Labute approximate surface area is 313 Å². The van der Waals surface area contributed by atoms with Crippen LogP contribution < -0.4 is 9.80 Å². The van der Waals surface area contributed by atoms with Gasteiger partial charge in [0.1, 0.15) is 0 Å². The lowest BCUT2D eigenvalue weighted by Crippen LogP contribution is -2.46. The third-order valence-corrected chi connectivity index (χ3v) is 13.3. The number of carbonyl (C=O) groups excluding carboxylic acids is 2. The Morgan fingerprint density at radius 2 is 1.69 bits per heavy atom. The average Bonchev–Trinajstić information content (AvgIpc) is 3.83. The maximum Gasteiger partial charge on any atom is 0.269 e. The molecular weight excluding hydrogens is 705 g/mol. The molecule has 0 aliphatic carbocycles. The number of anilines is 3. The summed E-state index contributed by atoms with van der Waals surface area (Å²) < 4.78 is 8.58. The first-order chi connectivity index (χ1) is 26.0. The van der Waals surface area contributed by atoms with Crippen LogP contribution in [0.15, 0.2) is 109 Å². The average molecular weight is 747 g/mol. The summed E-state index contributed by atoms with van der Waals surface area (Å²) in [6.07, 6.45) is 2.35. The predicted molar refractivity (Wildman–Crippen MR) is 205 cm³/mol. The molecule has 3 heterocycles. The molecule has 1 saturated heterocycles. The zero-order chi connectivity index (χ0) is 38.2. The number of hydrogen-bond acceptors (Lipinski definition) is 9. The molecule has 1 fully saturated rings. The first-order valence-electron chi connectivity index (χ1n) is 17.9. The van der Waals surface area contributed by atoms with Crippen molar-refractivity contribution in [3.63, 3.8) is 0 Å². The standard InChI is InChI=1S/C40H42N6O7Si/c1-27-38(54(2,3)52)37(20-21-43-24-35(41-42-43)33(25-47)29-10-6-4-7-11-29)53-40(27)34-22-32(46(50)51)18-19-36(34)44(39(40)49)23-28-14-16-31(17-15-28)45(26-48)30-12-8-5-9-13-30/h4-19,22,24,26-27,33,37-38,47,52H,20-21,23,25H2,1-3H3/t27-,33?,37+,38-,40+/m0/s1. The van der Waals surface area contributed by atoms with E-state index in [1.165, 1.54) is 17.0 Å². The van der Waals surface area contributed by atoms with E-state index in [2.05, 4.69) is 10.3 Å². The molecule has 5 aromatic rings. The third-order valence-electron chi connectivity index (χ3n) is 10.8. The summed E-state index contributed by atoms with van der Waals surface area (Å²) in [6.45, 7) is 5.92. The second kappa shape index (κ2) is 14.7. The third kappa shape index (κ3) is 6.62. The van der Waals surface area contributed by atoms with Gasteiger partial charge in [0.25, 0.3) is 11.6 Å². The van der Waals surface area contributed by atoms with Crippen molar-refractivity contribution in [2.45, 2.75) is 62.7 Å². The van der Waals surface area contributed by atoms with E-state index in [9.17, 15) is 29.6 Å². The van der Waals surface area contributed by atoms with E-state index < -0.39 is 36.4 Å². The maximum atomic E-state index is 14.9. The maximum absolute atomic E-state index is 14.9. The number of nitrogens with zero attached hydrogens (tertiary/aromatic N) is 6. The lowest BCUT2D eigenvalue weighted by molar-refractivity contribution is -0.385. The van der Waals surface area contributed by atoms with Gasteiger partial charge in [0.05, 0.1) is 41.5 Å². The van der Waals surface area contributed by atoms with Gasteiger partial charge in [-0.15, -0.1) is 5.10 Å². The van der Waals surface area contributed by atoms with Gasteiger partial charge in [0.2, 0.25) is 6.41 Å². The molecular formula is C40H42N6O7Si. The van der Waals surface area contributed by atoms with Gasteiger partial charge in [-0.3, -0.25) is 29.3 Å². The van der Waals surface area contributed by atoms with Crippen LogP contribution in [0.25, 0.3) is 0 Å². The summed E-state index contributed by atoms with van der Waals surface area (Å²) in [7, 11) is -3.02. The van der Waals surface area contributed by atoms with Crippen LogP contribution in [0, 0.1) is 16.0 Å². The Morgan fingerprint density at radius 3 is 2.31 bits per heavy atom. The minimum absolute atomic E-state index is 0.139. The van der Waals surface area contributed by atoms with Crippen molar-refractivity contribution in [3.05, 3.63) is 142 Å². The van der Waals surface area contributed by atoms with Gasteiger partial charge in [-0.2, -0.15) is 0 Å². The van der Waals surface area contributed by atoms with Gasteiger partial charge in [0, 0.05) is 53.3 Å². The van der Waals surface area contributed by atoms with E-state index in [0.717, 1.165) is 17.5 Å². The number of nitro groups is 1. The molecule has 1 unspecified atom stereocenters. The van der Waals surface area contributed by atoms with Crippen LogP contribution >= 0.6 is 0 Å². The van der Waals surface area contributed by atoms with Gasteiger partial charge in [-0.25, -0.2) is 0 Å². The highest BCUT2D eigenvalue weighted by Crippen LogP contribution is 2.60. The number of nitro benzene ring substituents is 1. The molecule has 2 aliphatic heterocycles. The van der Waals surface area contributed by atoms with E-state index in [-0.39, 0.29) is 30.7 Å². The Morgan fingerprint density at radius 1 is 1.02 bits per heavy atom. The SMILES string of the molecule is C[C@H]1[C@H]([Si](C)(C)O)[C@@H](CCn2cc(C(CO)c3ccccc3)nn2)O[C@]12C(=O)N(Cc1ccc(N(C=O)c3ccccc3)cc1)c1ccc([N+](=O)[O-])cc12. The summed E-state index contributed by atoms with van der Waals surface area (Å²) >= 11 is 0. The van der Waals surface area contributed by atoms with Gasteiger partial charge >= 0.3 is 0 Å². The Hall–Kier alpha value is -5.54. The molecule has 54 heavy (non-hydrogen) atoms. The fraction of sp³-hybridized carbons (Fsp3) is 0.300. The van der Waals surface area contributed by atoms with Crippen LogP contribution in [0.3, 0.4) is 0 Å². The molecule has 14 heteroatoms. The largest absolute Gasteiger partial charge is 0.432 e. The van der Waals surface area contributed by atoms with E-state index in [1.807, 2.05) is 105 Å². The number of benzene rings is 4. The van der Waals surface area contributed by atoms with E-state index in [0.29, 0.717) is 41.3 Å². The summed E-state index contributed by atoms with van der Waals surface area (Å²) in [5.74, 6) is -1.22. The fourth-order valence-corrected chi connectivity index (χ4v) is 10.9. The van der Waals surface area contributed by atoms with Crippen molar-refractivity contribution in [3.8, 4) is 0 Å². The number of aryl methyl sites for hydroxylation is 1. The van der Waals surface area contributed by atoms with Crippen molar-refractivity contribution in [2.75, 3.05) is 16.4 Å². The van der Waals surface area contributed by atoms with Crippen molar-refractivity contribution in [2.24, 2.45) is 5.92 Å². The minimum Gasteiger partial charge on any atom is -0.432 e. The summed E-state index contributed by atoms with van der Waals surface area (Å²) in [4.78, 5) is 53.3. The van der Waals surface area contributed by atoms with Gasteiger partial charge in [-0.1, -0.05) is 72.8 Å². The molecule has 0 radical (unpaired) electrons. The van der Waals surface area contributed by atoms with Crippen LogP contribution in [-0.4, -0.2) is 63.2 Å². The molecule has 0 bridgehead atoms. The molecule has 2 N–H and O–H groups in total. The first-order valence-corrected chi connectivity index (χ1v) is 20.9. The topological polar surface area (TPSA) is 164 Å². The molecule has 0 saturated carbocycles. The van der Waals surface area contributed by atoms with Crippen LogP contribution in [0.4, 0.5) is 22.7 Å². The number of aliphatic hydroxyl groups excluding tert-OH is 1. The second-order valence-electron chi connectivity index (χ2n) is 14.5. The van der Waals surface area contributed by atoms with Crippen LogP contribution in [-0.2, 0) is 33.0 Å². The summed E-state index contributed by atoms with van der Waals surface area (Å²) in [5.41, 5.74) is 2.45. The van der Waals surface area contributed by atoms with Gasteiger partial charge in [-0.05, 0) is 61.0 Å².